The molecule has 102 valence electrons. The van der Waals surface area contributed by atoms with Crippen molar-refractivity contribution in [2.24, 2.45) is 5.92 Å². The molecule has 2 atom stereocenters. The third kappa shape index (κ3) is 3.04. The summed E-state index contributed by atoms with van der Waals surface area (Å²) in [6.45, 7) is 4.07. The topological polar surface area (TPSA) is 66.4 Å². The van der Waals surface area contributed by atoms with Crippen molar-refractivity contribution in [2.75, 3.05) is 0 Å². The number of aliphatic carboxylic acids is 1. The predicted octanol–water partition coefficient (Wildman–Crippen LogP) is 2.38. The van der Waals surface area contributed by atoms with E-state index < -0.39 is 11.9 Å². The Kier molecular flexibility index (Phi) is 4.04. The van der Waals surface area contributed by atoms with E-state index in [2.05, 4.69) is 12.2 Å². The van der Waals surface area contributed by atoms with Gasteiger partial charge in [-0.3, -0.25) is 9.59 Å². The van der Waals surface area contributed by atoms with Crippen LogP contribution in [-0.4, -0.2) is 23.0 Å². The van der Waals surface area contributed by atoms with E-state index >= 15 is 0 Å². The lowest BCUT2D eigenvalue weighted by Crippen LogP contribution is -2.32. The van der Waals surface area contributed by atoms with Gasteiger partial charge in [-0.05, 0) is 31.4 Å². The Balaban J connectivity index is 1.98. The summed E-state index contributed by atoms with van der Waals surface area (Å²) in [7, 11) is 0. The van der Waals surface area contributed by atoms with Crippen LogP contribution in [0.15, 0.2) is 18.2 Å². The third-order valence-corrected chi connectivity index (χ3v) is 4.66. The highest BCUT2D eigenvalue weighted by Crippen LogP contribution is 2.23. The average Bonchev–Trinajstić information content (AvgIpc) is 2.95. The molecule has 19 heavy (non-hydrogen) atoms. The molecule has 1 aliphatic carbocycles. The van der Waals surface area contributed by atoms with Crippen molar-refractivity contribution in [3.05, 3.63) is 33.5 Å². The Hall–Kier alpha value is -1.62. The van der Waals surface area contributed by atoms with Crippen molar-refractivity contribution in [3.63, 3.8) is 0 Å². The first-order chi connectivity index (χ1) is 9.01. The zero-order valence-corrected chi connectivity index (χ0v) is 11.8. The Morgan fingerprint density at radius 1 is 1.47 bits per heavy atom. The van der Waals surface area contributed by atoms with Crippen LogP contribution in [0.5, 0.6) is 0 Å². The molecule has 0 bridgehead atoms. The second-order valence-electron chi connectivity index (χ2n) is 4.72. The quantitative estimate of drug-likeness (QED) is 0.832. The van der Waals surface area contributed by atoms with Gasteiger partial charge in [0.1, 0.15) is 0 Å². The van der Waals surface area contributed by atoms with Crippen molar-refractivity contribution < 1.29 is 14.7 Å². The largest absolute Gasteiger partial charge is 0.481 e. The molecule has 0 saturated carbocycles. The number of carboxylic acid groups (broad SMARTS) is 1. The Morgan fingerprint density at radius 3 is 2.74 bits per heavy atom. The highest BCUT2D eigenvalue weighted by molar-refractivity contribution is 7.14. The molecular formula is C14H17NO3S. The Bertz CT molecular complexity index is 533. The molecule has 0 spiro atoms. The van der Waals surface area contributed by atoms with E-state index in [-0.39, 0.29) is 11.9 Å². The first kappa shape index (κ1) is 13.8. The molecule has 0 radical (unpaired) electrons. The number of hydrogen-bond acceptors (Lipinski definition) is 3. The molecule has 1 aliphatic rings. The van der Waals surface area contributed by atoms with E-state index in [0.717, 1.165) is 12.0 Å². The summed E-state index contributed by atoms with van der Waals surface area (Å²) in [5, 5.41) is 11.8. The fourth-order valence-electron chi connectivity index (χ4n) is 2.21. The van der Waals surface area contributed by atoms with Gasteiger partial charge in [-0.15, -0.1) is 11.3 Å². The molecule has 1 aromatic rings. The molecule has 2 unspecified atom stereocenters. The van der Waals surface area contributed by atoms with E-state index in [0.29, 0.717) is 11.3 Å². The second-order valence-corrected chi connectivity index (χ2v) is 5.85. The fraction of sp³-hybridized carbons (Fsp3) is 0.429. The molecule has 2 N–H and O–H groups in total. The van der Waals surface area contributed by atoms with Crippen molar-refractivity contribution in [1.82, 2.24) is 5.32 Å². The SMILES string of the molecule is CCc1sc(C(=O)NC2C=CC(C(=O)O)C2)cc1C. The van der Waals surface area contributed by atoms with Gasteiger partial charge in [0.15, 0.2) is 0 Å². The predicted molar refractivity (Wildman–Crippen MR) is 74.6 cm³/mol. The molecular weight excluding hydrogens is 262 g/mol. The number of amides is 1. The highest BCUT2D eigenvalue weighted by atomic mass is 32.1. The smallest absolute Gasteiger partial charge is 0.310 e. The van der Waals surface area contributed by atoms with Crippen LogP contribution in [0.2, 0.25) is 0 Å². The van der Waals surface area contributed by atoms with Crippen LogP contribution in [0.1, 0.15) is 33.5 Å². The maximum Gasteiger partial charge on any atom is 0.310 e. The van der Waals surface area contributed by atoms with E-state index in [4.69, 9.17) is 5.11 Å². The van der Waals surface area contributed by atoms with E-state index in [1.165, 1.54) is 16.2 Å². The van der Waals surface area contributed by atoms with Gasteiger partial charge in [0.05, 0.1) is 10.8 Å². The summed E-state index contributed by atoms with van der Waals surface area (Å²) in [5.74, 6) is -1.44. The molecule has 5 heteroatoms. The van der Waals surface area contributed by atoms with Gasteiger partial charge >= 0.3 is 5.97 Å². The second kappa shape index (κ2) is 5.57. The zero-order valence-electron chi connectivity index (χ0n) is 11.0. The molecule has 0 aromatic carbocycles. The number of carboxylic acids is 1. The standard InChI is InChI=1S/C14H17NO3S/c1-3-11-8(2)6-12(19-11)13(16)15-10-5-4-9(7-10)14(17)18/h4-6,9-10H,3,7H2,1-2H3,(H,15,16)(H,17,18). The number of nitrogens with one attached hydrogen (secondary N) is 1. The van der Waals surface area contributed by atoms with Gasteiger partial charge in [0.2, 0.25) is 0 Å². The maximum atomic E-state index is 12.1. The van der Waals surface area contributed by atoms with Crippen molar-refractivity contribution in [1.29, 1.82) is 0 Å². The number of carbonyl (C=O) groups is 2. The number of carbonyl (C=O) groups excluding carboxylic acids is 1. The third-order valence-electron chi connectivity index (χ3n) is 3.28. The Labute approximate surface area is 116 Å². The van der Waals surface area contributed by atoms with E-state index in [1.807, 2.05) is 13.0 Å². The summed E-state index contributed by atoms with van der Waals surface area (Å²) in [4.78, 5) is 24.8. The van der Waals surface area contributed by atoms with Crippen LogP contribution in [0.25, 0.3) is 0 Å². The normalized spacial score (nSPS) is 21.6. The molecule has 2 rings (SSSR count). The minimum atomic E-state index is -0.840. The summed E-state index contributed by atoms with van der Waals surface area (Å²) < 4.78 is 0. The van der Waals surface area contributed by atoms with Crippen LogP contribution in [0, 0.1) is 12.8 Å². The lowest BCUT2D eigenvalue weighted by Gasteiger charge is -2.11. The monoisotopic (exact) mass is 279 g/mol. The average molecular weight is 279 g/mol. The number of rotatable bonds is 4. The van der Waals surface area contributed by atoms with Gasteiger partial charge in [0, 0.05) is 10.9 Å². The highest BCUT2D eigenvalue weighted by Gasteiger charge is 2.26. The number of aryl methyl sites for hydroxylation is 2. The van der Waals surface area contributed by atoms with Crippen molar-refractivity contribution in [2.45, 2.75) is 32.7 Å². The summed E-state index contributed by atoms with van der Waals surface area (Å²) in [6.07, 6.45) is 4.77. The fourth-order valence-corrected chi connectivity index (χ4v) is 3.23. The first-order valence-corrected chi connectivity index (χ1v) is 7.14. The molecule has 1 heterocycles. The lowest BCUT2D eigenvalue weighted by molar-refractivity contribution is -0.140. The van der Waals surface area contributed by atoms with Crippen LogP contribution < -0.4 is 5.32 Å². The molecule has 1 amide bonds. The first-order valence-electron chi connectivity index (χ1n) is 6.32. The zero-order chi connectivity index (χ0) is 14.0. The van der Waals surface area contributed by atoms with Gasteiger partial charge in [-0.25, -0.2) is 0 Å². The van der Waals surface area contributed by atoms with Crippen LogP contribution in [0.3, 0.4) is 0 Å². The maximum absolute atomic E-state index is 12.1. The van der Waals surface area contributed by atoms with Gasteiger partial charge in [-0.2, -0.15) is 0 Å². The molecule has 1 aromatic heterocycles. The summed E-state index contributed by atoms with van der Waals surface area (Å²) >= 11 is 1.51. The number of hydrogen-bond donors (Lipinski definition) is 2. The number of thiophene rings is 1. The summed E-state index contributed by atoms with van der Waals surface area (Å²) in [6, 6.07) is 1.72. The lowest BCUT2D eigenvalue weighted by atomic mass is 10.1. The van der Waals surface area contributed by atoms with Gasteiger partial charge in [-0.1, -0.05) is 19.1 Å². The minimum Gasteiger partial charge on any atom is -0.481 e. The van der Waals surface area contributed by atoms with Gasteiger partial charge < -0.3 is 10.4 Å². The van der Waals surface area contributed by atoms with Crippen LogP contribution in [0.4, 0.5) is 0 Å². The van der Waals surface area contributed by atoms with E-state index in [9.17, 15) is 9.59 Å². The molecule has 4 nitrogen and oxygen atoms in total. The van der Waals surface area contributed by atoms with Gasteiger partial charge in [0.25, 0.3) is 5.91 Å². The molecule has 0 fully saturated rings. The Morgan fingerprint density at radius 2 is 2.21 bits per heavy atom. The van der Waals surface area contributed by atoms with Crippen molar-refractivity contribution in [3.8, 4) is 0 Å². The molecule has 0 saturated heterocycles. The van der Waals surface area contributed by atoms with Crippen LogP contribution in [-0.2, 0) is 11.2 Å². The van der Waals surface area contributed by atoms with E-state index in [1.54, 1.807) is 12.2 Å². The molecule has 0 aliphatic heterocycles. The van der Waals surface area contributed by atoms with Crippen molar-refractivity contribution >= 4 is 23.2 Å². The van der Waals surface area contributed by atoms with Crippen LogP contribution >= 0.6 is 11.3 Å². The summed E-state index contributed by atoms with van der Waals surface area (Å²) in [5.41, 5.74) is 1.14. The minimum absolute atomic E-state index is 0.117.